The zero-order chi connectivity index (χ0) is 33.4. The van der Waals surface area contributed by atoms with Crippen LogP contribution >= 0.6 is 34.0 Å². The summed E-state index contributed by atoms with van der Waals surface area (Å²) in [4.78, 5) is 22.6. The third-order valence-electron chi connectivity index (χ3n) is 10.00. The van der Waals surface area contributed by atoms with Crippen LogP contribution in [0, 0.1) is 16.9 Å². The van der Waals surface area contributed by atoms with E-state index in [1.54, 1.807) is 40.3 Å². The summed E-state index contributed by atoms with van der Waals surface area (Å²) in [6.45, 7) is 18.9. The number of rotatable bonds is 8. The number of fused-ring (bicyclic) bond motifs is 6. The summed E-state index contributed by atoms with van der Waals surface area (Å²) < 4.78 is 3.94. The summed E-state index contributed by atoms with van der Waals surface area (Å²) in [5.74, 6) is 0.286. The maximum Gasteiger partial charge on any atom is 0.164 e. The molecule has 8 heteroatoms. The Labute approximate surface area is 304 Å². The molecule has 1 N–H and O–H groups in total. The number of aliphatic hydroxyl groups is 1. The molecule has 1 radical (unpaired) electrons. The van der Waals surface area contributed by atoms with Crippen molar-refractivity contribution in [1.29, 1.82) is 0 Å². The van der Waals surface area contributed by atoms with E-state index in [1.807, 2.05) is 41.5 Å². The Kier molecular flexibility index (Phi) is 11.6. The first-order chi connectivity index (χ1) is 21.8. The Morgan fingerprint density at radius 1 is 0.851 bits per heavy atom. The molecule has 2 aromatic carbocycles. The molecular formula is C39H45IrN2O2S3-. The smallest absolute Gasteiger partial charge is 0.164 e. The minimum atomic E-state index is -0.337. The van der Waals surface area contributed by atoms with Crippen molar-refractivity contribution in [3.63, 3.8) is 0 Å². The molecule has 0 saturated carbocycles. The Hall–Kier alpha value is -2.48. The average molecular weight is 862 g/mol. The van der Waals surface area contributed by atoms with Crippen molar-refractivity contribution >= 4 is 80.3 Å². The molecule has 0 aliphatic heterocycles. The van der Waals surface area contributed by atoms with Gasteiger partial charge in [0.05, 0.1) is 0 Å². The van der Waals surface area contributed by atoms with Crippen LogP contribution in [0.15, 0.2) is 59.3 Å². The first-order valence-electron chi connectivity index (χ1n) is 16.2. The summed E-state index contributed by atoms with van der Waals surface area (Å²) in [6, 6.07) is 14.8. The van der Waals surface area contributed by atoms with Crippen LogP contribution in [0.4, 0.5) is 0 Å². The molecule has 0 spiro atoms. The normalized spacial score (nSPS) is 12.8. The molecule has 6 aromatic rings. The molecule has 0 saturated heterocycles. The molecule has 251 valence electrons. The molecule has 0 fully saturated rings. The third kappa shape index (κ3) is 7.14. The van der Waals surface area contributed by atoms with E-state index in [-0.39, 0.29) is 47.9 Å². The fourth-order valence-corrected chi connectivity index (χ4v) is 8.80. The van der Waals surface area contributed by atoms with Gasteiger partial charge in [-0.2, -0.15) is 11.3 Å². The van der Waals surface area contributed by atoms with Crippen LogP contribution in [0.1, 0.15) is 93.6 Å². The largest absolute Gasteiger partial charge is 0.512 e. The maximum absolute atomic E-state index is 12.2. The molecular weight excluding hydrogens is 817 g/mol. The number of carbonyl (C=O) groups excluding carboxylic acids is 1. The van der Waals surface area contributed by atoms with E-state index >= 15 is 0 Å². The number of allylic oxidation sites excluding steroid dienone is 2. The molecule has 0 unspecified atom stereocenters. The van der Waals surface area contributed by atoms with E-state index in [4.69, 9.17) is 4.98 Å². The van der Waals surface area contributed by atoms with Gasteiger partial charge in [-0.05, 0) is 64.1 Å². The maximum atomic E-state index is 12.2. The second-order valence-corrected chi connectivity index (χ2v) is 16.6. The van der Waals surface area contributed by atoms with E-state index in [9.17, 15) is 9.90 Å². The topological polar surface area (TPSA) is 63.1 Å². The van der Waals surface area contributed by atoms with Crippen molar-refractivity contribution in [2.75, 3.05) is 0 Å². The summed E-state index contributed by atoms with van der Waals surface area (Å²) in [5.41, 5.74) is 2.84. The Bertz CT molecular complexity index is 2050. The van der Waals surface area contributed by atoms with E-state index < -0.39 is 0 Å². The number of ketones is 1. The van der Waals surface area contributed by atoms with Gasteiger partial charge in [-0.15, -0.1) is 46.3 Å². The number of hydrogen-bond donors (Lipinski definition) is 1. The fraction of sp³-hybridized carbons (Fsp3) is 0.410. The van der Waals surface area contributed by atoms with Gasteiger partial charge in [0.1, 0.15) is 16.9 Å². The Morgan fingerprint density at radius 3 is 2.15 bits per heavy atom. The number of benzene rings is 2. The van der Waals surface area contributed by atoms with Gasteiger partial charge < -0.3 is 5.11 Å². The standard InChI is InChI=1S/C24H17N2S3.C15H28O2.Ir/c1-24(2,3)17-11-14(10-13-6-8-28-21(13)17)20-19-16-4-5-18-15(7-9-27-18)22(16)29-23(19)26-12-25-20;1-7-14(5,8-2)12(16)11-13(17)15(6,9-3)10-4;/h4-9,11-12H,1-3H3;11,16H,7-10H2,1-6H3;/q-1;;/b;12-11-;. The SMILES string of the molecule is CC(C)(C)c1cc(-c2ncnc3sc4c5ccsc5ccc4c23)[c-]c2ccsc12.CCC(C)(CC)C(=O)/C=C(\O)C(C)(CC)CC.[Ir]. The second-order valence-electron chi connectivity index (χ2n) is 13.7. The van der Waals surface area contributed by atoms with Crippen LogP contribution in [0.3, 0.4) is 0 Å². The van der Waals surface area contributed by atoms with Crippen molar-refractivity contribution < 1.29 is 30.0 Å². The molecule has 4 heterocycles. The van der Waals surface area contributed by atoms with Gasteiger partial charge >= 0.3 is 0 Å². The molecule has 4 aromatic heterocycles. The number of carbonyl (C=O) groups is 1. The van der Waals surface area contributed by atoms with Gasteiger partial charge in [0.15, 0.2) is 5.78 Å². The number of thiophene rings is 3. The number of aliphatic hydroxyl groups excluding tert-OH is 1. The van der Waals surface area contributed by atoms with Crippen molar-refractivity contribution in [2.24, 2.45) is 10.8 Å². The van der Waals surface area contributed by atoms with Gasteiger partial charge in [-0.3, -0.25) is 9.78 Å². The van der Waals surface area contributed by atoms with Gasteiger partial charge in [0.2, 0.25) is 0 Å². The first-order valence-corrected chi connectivity index (χ1v) is 18.8. The number of aromatic nitrogens is 2. The van der Waals surface area contributed by atoms with E-state index in [0.717, 1.165) is 47.2 Å². The Morgan fingerprint density at radius 2 is 1.51 bits per heavy atom. The summed E-state index contributed by atoms with van der Waals surface area (Å²) in [6.07, 6.45) is 6.45. The zero-order valence-corrected chi connectivity index (χ0v) is 33.7. The van der Waals surface area contributed by atoms with E-state index in [1.165, 1.54) is 41.9 Å². The van der Waals surface area contributed by atoms with Crippen LogP contribution < -0.4 is 0 Å². The van der Waals surface area contributed by atoms with Gasteiger partial charge in [-0.1, -0.05) is 79.5 Å². The number of hydrogen-bond acceptors (Lipinski definition) is 7. The predicted octanol–water partition coefficient (Wildman–Crippen LogP) is 12.7. The quantitative estimate of drug-likeness (QED) is 0.0941. The minimum Gasteiger partial charge on any atom is -0.512 e. The van der Waals surface area contributed by atoms with Crippen LogP contribution in [0.2, 0.25) is 0 Å². The molecule has 47 heavy (non-hydrogen) atoms. The van der Waals surface area contributed by atoms with Gasteiger partial charge in [-0.25, -0.2) is 4.98 Å². The van der Waals surface area contributed by atoms with Gasteiger partial charge in [0.25, 0.3) is 0 Å². The van der Waals surface area contributed by atoms with E-state index in [2.05, 4.69) is 72.9 Å². The van der Waals surface area contributed by atoms with Gasteiger partial charge in [0, 0.05) is 62.9 Å². The van der Waals surface area contributed by atoms with Crippen LogP contribution in [-0.4, -0.2) is 20.9 Å². The molecule has 0 aliphatic rings. The van der Waals surface area contributed by atoms with Crippen LogP contribution in [-0.2, 0) is 30.3 Å². The molecule has 4 nitrogen and oxygen atoms in total. The Balaban J connectivity index is 0.000000242. The monoisotopic (exact) mass is 862 g/mol. The van der Waals surface area contributed by atoms with E-state index in [0.29, 0.717) is 0 Å². The van der Waals surface area contributed by atoms with Crippen LogP contribution in [0.5, 0.6) is 0 Å². The molecule has 0 atom stereocenters. The molecule has 0 bridgehead atoms. The minimum absolute atomic E-state index is 0. The average Bonchev–Trinajstić information content (AvgIpc) is 3.81. The van der Waals surface area contributed by atoms with Crippen molar-refractivity contribution in [3.8, 4) is 11.3 Å². The van der Waals surface area contributed by atoms with Crippen molar-refractivity contribution in [3.05, 3.63) is 70.9 Å². The predicted molar refractivity (Wildman–Crippen MR) is 202 cm³/mol. The van der Waals surface area contributed by atoms with Crippen molar-refractivity contribution in [1.82, 2.24) is 9.97 Å². The third-order valence-corrected chi connectivity index (χ3v) is 13.0. The summed E-state index contributed by atoms with van der Waals surface area (Å²) in [7, 11) is 0. The summed E-state index contributed by atoms with van der Waals surface area (Å²) in [5, 5.41) is 19.3. The first kappa shape index (κ1) is 37.3. The van der Waals surface area contributed by atoms with Crippen LogP contribution in [0.25, 0.3) is 51.7 Å². The second kappa shape index (κ2) is 14.6. The number of nitrogens with zero attached hydrogens (tertiary/aromatic N) is 2. The molecule has 6 rings (SSSR count). The fourth-order valence-electron chi connectivity index (χ4n) is 5.69. The molecule has 0 amide bonds. The molecule has 0 aliphatic carbocycles. The summed E-state index contributed by atoms with van der Waals surface area (Å²) >= 11 is 5.34. The zero-order valence-electron chi connectivity index (χ0n) is 28.8. The van der Waals surface area contributed by atoms with Crippen molar-refractivity contribution in [2.45, 2.75) is 93.4 Å².